The van der Waals surface area contributed by atoms with Gasteiger partial charge < -0.3 is 14.5 Å². The highest BCUT2D eigenvalue weighted by atomic mass is 16.5. The number of amides is 1. The van der Waals surface area contributed by atoms with Crippen molar-refractivity contribution in [2.45, 2.75) is 44.9 Å². The van der Waals surface area contributed by atoms with E-state index in [-0.39, 0.29) is 0 Å². The van der Waals surface area contributed by atoms with E-state index in [9.17, 15) is 4.79 Å². The summed E-state index contributed by atoms with van der Waals surface area (Å²) in [6.07, 6.45) is 8.55. The van der Waals surface area contributed by atoms with Crippen LogP contribution in [0.1, 0.15) is 44.9 Å². The number of piperidine rings is 2. The van der Waals surface area contributed by atoms with Crippen molar-refractivity contribution in [3.05, 3.63) is 0 Å². The lowest BCUT2D eigenvalue weighted by atomic mass is 9.72. The largest absolute Gasteiger partial charge is 0.383 e. The number of nitrogens with zero attached hydrogens (tertiary/aromatic N) is 2. The lowest BCUT2D eigenvalue weighted by Gasteiger charge is -2.48. The van der Waals surface area contributed by atoms with Crippen LogP contribution in [-0.4, -0.2) is 62.1 Å². The Kier molecular flexibility index (Phi) is 4.85. The van der Waals surface area contributed by atoms with E-state index in [4.69, 9.17) is 4.74 Å². The quantitative estimate of drug-likeness (QED) is 0.796. The first kappa shape index (κ1) is 15.3. The number of hydrogen-bond acceptors (Lipinski definition) is 3. The maximum Gasteiger partial charge on any atom is 0.225 e. The Balaban J connectivity index is 1.52. The van der Waals surface area contributed by atoms with Crippen LogP contribution in [0.4, 0.5) is 0 Å². The molecule has 21 heavy (non-hydrogen) atoms. The van der Waals surface area contributed by atoms with Crippen molar-refractivity contribution >= 4 is 5.91 Å². The number of carbonyl (C=O) groups excluding carboxylic acids is 1. The fourth-order valence-corrected chi connectivity index (χ4v) is 4.19. The van der Waals surface area contributed by atoms with Crippen molar-refractivity contribution in [2.75, 3.05) is 46.4 Å². The van der Waals surface area contributed by atoms with Crippen LogP contribution in [-0.2, 0) is 9.53 Å². The summed E-state index contributed by atoms with van der Waals surface area (Å²) < 4.78 is 5.18. The van der Waals surface area contributed by atoms with E-state index in [1.165, 1.54) is 45.2 Å². The average Bonchev–Trinajstić information content (AvgIpc) is 2.45. The molecule has 1 amide bonds. The number of carbonyl (C=O) groups is 1. The first-order chi connectivity index (χ1) is 10.2. The Morgan fingerprint density at radius 3 is 2.52 bits per heavy atom. The number of rotatable bonds is 4. The van der Waals surface area contributed by atoms with Crippen LogP contribution in [0, 0.1) is 11.3 Å². The third-order valence-corrected chi connectivity index (χ3v) is 5.96. The van der Waals surface area contributed by atoms with Crippen LogP contribution < -0.4 is 0 Å². The summed E-state index contributed by atoms with van der Waals surface area (Å²) in [6, 6.07) is 0. The summed E-state index contributed by atoms with van der Waals surface area (Å²) >= 11 is 0. The number of hydrogen-bond donors (Lipinski definition) is 0. The van der Waals surface area contributed by atoms with Gasteiger partial charge in [0.2, 0.25) is 5.91 Å². The molecule has 2 saturated heterocycles. The summed E-state index contributed by atoms with van der Waals surface area (Å²) in [6.45, 7) is 6.27. The van der Waals surface area contributed by atoms with Crippen LogP contribution in [0.2, 0.25) is 0 Å². The van der Waals surface area contributed by atoms with Crippen molar-refractivity contribution < 1.29 is 9.53 Å². The molecule has 2 aliphatic heterocycles. The second-order valence-corrected chi connectivity index (χ2v) is 7.33. The molecule has 0 aromatic carbocycles. The zero-order valence-corrected chi connectivity index (χ0v) is 13.5. The molecule has 1 saturated carbocycles. The molecule has 4 heteroatoms. The highest BCUT2D eigenvalue weighted by Crippen LogP contribution is 2.41. The molecule has 4 nitrogen and oxygen atoms in total. The van der Waals surface area contributed by atoms with Crippen LogP contribution in [0.3, 0.4) is 0 Å². The van der Waals surface area contributed by atoms with E-state index in [1.54, 1.807) is 7.11 Å². The van der Waals surface area contributed by atoms with Gasteiger partial charge in [0.25, 0.3) is 0 Å². The van der Waals surface area contributed by atoms with E-state index >= 15 is 0 Å². The third kappa shape index (κ3) is 3.42. The van der Waals surface area contributed by atoms with Crippen molar-refractivity contribution in [2.24, 2.45) is 11.3 Å². The molecule has 1 aliphatic carbocycles. The second-order valence-electron chi connectivity index (χ2n) is 7.33. The highest BCUT2D eigenvalue weighted by Gasteiger charge is 2.41. The molecule has 0 aromatic rings. The van der Waals surface area contributed by atoms with Gasteiger partial charge in [-0.05, 0) is 57.0 Å². The maximum atomic E-state index is 12.5. The average molecular weight is 294 g/mol. The monoisotopic (exact) mass is 294 g/mol. The van der Waals surface area contributed by atoms with Gasteiger partial charge in [-0.15, -0.1) is 0 Å². The van der Waals surface area contributed by atoms with Crippen LogP contribution in [0.5, 0.6) is 0 Å². The third-order valence-electron chi connectivity index (χ3n) is 5.96. The Bertz CT molecular complexity index is 360. The summed E-state index contributed by atoms with van der Waals surface area (Å²) in [4.78, 5) is 17.2. The minimum Gasteiger partial charge on any atom is -0.383 e. The van der Waals surface area contributed by atoms with Crippen molar-refractivity contribution in [1.82, 2.24) is 9.80 Å². The minimum absolute atomic E-state index is 0.363. The van der Waals surface area contributed by atoms with E-state index in [1.807, 2.05) is 0 Å². The molecule has 0 radical (unpaired) electrons. The molecular weight excluding hydrogens is 264 g/mol. The zero-order valence-electron chi connectivity index (χ0n) is 13.5. The van der Waals surface area contributed by atoms with E-state index in [0.717, 1.165) is 39.1 Å². The maximum absolute atomic E-state index is 12.5. The summed E-state index contributed by atoms with van der Waals surface area (Å²) in [5, 5.41) is 0. The van der Waals surface area contributed by atoms with E-state index < -0.39 is 0 Å². The Hall–Kier alpha value is -0.610. The number of methoxy groups -OCH3 is 1. The van der Waals surface area contributed by atoms with Gasteiger partial charge >= 0.3 is 0 Å². The van der Waals surface area contributed by atoms with Gasteiger partial charge in [-0.1, -0.05) is 6.42 Å². The van der Waals surface area contributed by atoms with Gasteiger partial charge in [0.05, 0.1) is 6.61 Å². The molecule has 0 bridgehead atoms. The Labute approximate surface area is 128 Å². The smallest absolute Gasteiger partial charge is 0.225 e. The number of likely N-dealkylation sites (tertiary alicyclic amines) is 2. The molecule has 120 valence electrons. The Morgan fingerprint density at radius 1 is 1.14 bits per heavy atom. The lowest BCUT2D eigenvalue weighted by molar-refractivity contribution is -0.142. The SMILES string of the molecule is COCCN1CCC2(CCCN(C(=O)C3CCC3)C2)CC1. The van der Waals surface area contributed by atoms with Crippen LogP contribution in [0.25, 0.3) is 0 Å². The van der Waals surface area contributed by atoms with Crippen molar-refractivity contribution in [3.8, 4) is 0 Å². The predicted octanol–water partition coefficient (Wildman–Crippen LogP) is 2.14. The molecule has 3 fully saturated rings. The topological polar surface area (TPSA) is 32.8 Å². The van der Waals surface area contributed by atoms with Crippen LogP contribution in [0.15, 0.2) is 0 Å². The van der Waals surface area contributed by atoms with Crippen molar-refractivity contribution in [3.63, 3.8) is 0 Å². The minimum atomic E-state index is 0.363. The van der Waals surface area contributed by atoms with Gasteiger partial charge in [-0.2, -0.15) is 0 Å². The molecule has 3 rings (SSSR count). The van der Waals surface area contributed by atoms with Gasteiger partial charge in [0.15, 0.2) is 0 Å². The summed E-state index contributed by atoms with van der Waals surface area (Å²) in [5.41, 5.74) is 0.418. The van der Waals surface area contributed by atoms with E-state index in [0.29, 0.717) is 17.2 Å². The summed E-state index contributed by atoms with van der Waals surface area (Å²) in [5.74, 6) is 0.823. The highest BCUT2D eigenvalue weighted by molar-refractivity contribution is 5.79. The fourth-order valence-electron chi connectivity index (χ4n) is 4.19. The van der Waals surface area contributed by atoms with E-state index in [2.05, 4.69) is 9.80 Å². The molecule has 0 aromatic heterocycles. The van der Waals surface area contributed by atoms with Gasteiger partial charge in [0.1, 0.15) is 0 Å². The fraction of sp³-hybridized carbons (Fsp3) is 0.941. The Morgan fingerprint density at radius 2 is 1.90 bits per heavy atom. The molecule has 1 spiro atoms. The standard InChI is InChI=1S/C17H30N2O2/c1-21-13-12-18-10-7-17(8-11-18)6-3-9-19(14-17)16(20)15-4-2-5-15/h15H,2-14H2,1H3. The summed E-state index contributed by atoms with van der Waals surface area (Å²) in [7, 11) is 1.77. The van der Waals surface area contributed by atoms with Crippen molar-refractivity contribution in [1.29, 1.82) is 0 Å². The predicted molar refractivity (Wildman–Crippen MR) is 83.1 cm³/mol. The first-order valence-electron chi connectivity index (χ1n) is 8.73. The second kappa shape index (κ2) is 6.66. The molecule has 0 unspecified atom stereocenters. The van der Waals surface area contributed by atoms with Crippen LogP contribution >= 0.6 is 0 Å². The first-order valence-corrected chi connectivity index (χ1v) is 8.73. The molecule has 3 aliphatic rings. The normalized spacial score (nSPS) is 26.8. The molecule has 0 N–H and O–H groups in total. The molecule has 2 heterocycles. The molecular formula is C17H30N2O2. The van der Waals surface area contributed by atoms with Gasteiger partial charge in [-0.25, -0.2) is 0 Å². The van der Waals surface area contributed by atoms with Gasteiger partial charge in [0, 0.05) is 32.7 Å². The van der Waals surface area contributed by atoms with Gasteiger partial charge in [-0.3, -0.25) is 4.79 Å². The zero-order chi connectivity index (χ0) is 14.7. The lowest BCUT2D eigenvalue weighted by Crippen LogP contribution is -2.53. The number of ether oxygens (including phenoxy) is 1. The molecule has 0 atom stereocenters.